The molecule has 1 fully saturated rings. The highest BCUT2D eigenvalue weighted by molar-refractivity contribution is 5.68. The zero-order valence-corrected chi connectivity index (χ0v) is 16.3. The summed E-state index contributed by atoms with van der Waals surface area (Å²) in [6, 6.07) is 5.66. The van der Waals surface area contributed by atoms with Gasteiger partial charge in [0.1, 0.15) is 11.4 Å². The summed E-state index contributed by atoms with van der Waals surface area (Å²) in [6.07, 6.45) is -5.12. The van der Waals surface area contributed by atoms with Gasteiger partial charge in [-0.15, -0.1) is 0 Å². The molecule has 1 aromatic carbocycles. The Labute approximate surface area is 162 Å². The van der Waals surface area contributed by atoms with E-state index < -0.39 is 30.3 Å². The van der Waals surface area contributed by atoms with E-state index in [2.05, 4.69) is 0 Å². The summed E-state index contributed by atoms with van der Waals surface area (Å²) in [7, 11) is 0. The summed E-state index contributed by atoms with van der Waals surface area (Å²) in [5, 5.41) is 0. The quantitative estimate of drug-likeness (QED) is 0.616. The van der Waals surface area contributed by atoms with Crippen molar-refractivity contribution in [2.24, 2.45) is 5.92 Å². The first kappa shape index (κ1) is 22.5. The molecule has 1 aromatic rings. The van der Waals surface area contributed by atoms with Crippen molar-refractivity contribution < 1.29 is 31.8 Å². The highest BCUT2D eigenvalue weighted by Crippen LogP contribution is 2.34. The van der Waals surface area contributed by atoms with Gasteiger partial charge in [-0.05, 0) is 57.2 Å². The molecule has 1 heterocycles. The van der Waals surface area contributed by atoms with E-state index in [0.717, 1.165) is 0 Å². The maximum Gasteiger partial charge on any atom is 0.410 e. The molecule has 1 aliphatic heterocycles. The van der Waals surface area contributed by atoms with Crippen molar-refractivity contribution in [3.05, 3.63) is 35.6 Å². The molecule has 0 bridgehead atoms. The molecule has 0 aromatic heterocycles. The second-order valence-corrected chi connectivity index (χ2v) is 7.98. The first-order valence-electron chi connectivity index (χ1n) is 9.34. The van der Waals surface area contributed by atoms with E-state index in [1.165, 1.54) is 12.1 Å². The fourth-order valence-electron chi connectivity index (χ4n) is 3.29. The van der Waals surface area contributed by atoms with Crippen LogP contribution in [0.5, 0.6) is 0 Å². The largest absolute Gasteiger partial charge is 0.444 e. The van der Waals surface area contributed by atoms with Crippen molar-refractivity contribution in [2.75, 3.05) is 19.7 Å². The molecule has 2 atom stereocenters. The highest BCUT2D eigenvalue weighted by atomic mass is 19.3. The number of amides is 1. The predicted octanol–water partition coefficient (Wildman–Crippen LogP) is 5.13. The zero-order chi connectivity index (χ0) is 20.9. The lowest BCUT2D eigenvalue weighted by atomic mass is 9.80. The number of likely N-dealkylation sites (tertiary alicyclic amines) is 1. The van der Waals surface area contributed by atoms with Crippen LogP contribution < -0.4 is 0 Å². The van der Waals surface area contributed by atoms with Crippen LogP contribution in [0.15, 0.2) is 24.3 Å². The second kappa shape index (κ2) is 9.58. The van der Waals surface area contributed by atoms with Crippen molar-refractivity contribution in [3.8, 4) is 0 Å². The molecule has 1 saturated heterocycles. The molecule has 0 radical (unpaired) electrons. The number of piperidine rings is 1. The van der Waals surface area contributed by atoms with Crippen LogP contribution in [-0.4, -0.2) is 49.1 Å². The van der Waals surface area contributed by atoms with Crippen LogP contribution in [-0.2, 0) is 9.47 Å². The third-order valence-corrected chi connectivity index (χ3v) is 4.69. The van der Waals surface area contributed by atoms with Gasteiger partial charge in [0.05, 0.1) is 6.61 Å². The van der Waals surface area contributed by atoms with Gasteiger partial charge in [-0.1, -0.05) is 12.1 Å². The monoisotopic (exact) mass is 405 g/mol. The standard InChI is InChI=1S/C20H27F4NO3/c1-20(2,3)28-19(26)25-10-8-14(9-11-25)16(12-27-18(24)17(22)23)13-4-6-15(21)7-5-13/h4-7,14,16-18H,8-12H2,1-3H3. The van der Waals surface area contributed by atoms with Crippen molar-refractivity contribution in [1.82, 2.24) is 4.90 Å². The maximum absolute atomic E-state index is 13.3. The number of hydrogen-bond acceptors (Lipinski definition) is 3. The molecule has 0 aliphatic carbocycles. The predicted molar refractivity (Wildman–Crippen MR) is 96.5 cm³/mol. The molecule has 28 heavy (non-hydrogen) atoms. The van der Waals surface area contributed by atoms with Crippen LogP contribution in [0.2, 0.25) is 0 Å². The Hall–Kier alpha value is -1.83. The summed E-state index contributed by atoms with van der Waals surface area (Å²) < 4.78 is 61.5. The molecule has 8 heteroatoms. The van der Waals surface area contributed by atoms with E-state index in [1.54, 1.807) is 37.8 Å². The summed E-state index contributed by atoms with van der Waals surface area (Å²) in [5.74, 6) is -0.813. The number of carbonyl (C=O) groups is 1. The van der Waals surface area contributed by atoms with Gasteiger partial charge in [0, 0.05) is 19.0 Å². The Bertz CT molecular complexity index is 625. The number of rotatable bonds is 6. The molecular formula is C20H27F4NO3. The lowest BCUT2D eigenvalue weighted by molar-refractivity contribution is -0.134. The molecule has 2 rings (SSSR count). The highest BCUT2D eigenvalue weighted by Gasteiger charge is 2.32. The van der Waals surface area contributed by atoms with Crippen LogP contribution in [0.3, 0.4) is 0 Å². The number of ether oxygens (including phenoxy) is 2. The average Bonchev–Trinajstić information content (AvgIpc) is 2.62. The van der Waals surface area contributed by atoms with Crippen LogP contribution in [0.4, 0.5) is 22.4 Å². The van der Waals surface area contributed by atoms with Crippen molar-refractivity contribution in [3.63, 3.8) is 0 Å². The number of halogens is 4. The van der Waals surface area contributed by atoms with Crippen LogP contribution in [0.25, 0.3) is 0 Å². The number of benzene rings is 1. The Morgan fingerprint density at radius 3 is 2.21 bits per heavy atom. The van der Waals surface area contributed by atoms with Crippen LogP contribution >= 0.6 is 0 Å². The molecule has 0 spiro atoms. The van der Waals surface area contributed by atoms with E-state index in [9.17, 15) is 22.4 Å². The fourth-order valence-corrected chi connectivity index (χ4v) is 3.29. The fraction of sp³-hybridized carbons (Fsp3) is 0.650. The van der Waals surface area contributed by atoms with E-state index in [1.807, 2.05) is 0 Å². The topological polar surface area (TPSA) is 38.8 Å². The normalized spacial score (nSPS) is 18.2. The first-order valence-corrected chi connectivity index (χ1v) is 9.34. The first-order chi connectivity index (χ1) is 13.1. The van der Waals surface area contributed by atoms with Crippen molar-refractivity contribution >= 4 is 6.09 Å². The smallest absolute Gasteiger partial charge is 0.410 e. The minimum atomic E-state index is -3.22. The minimum Gasteiger partial charge on any atom is -0.444 e. The Kier molecular flexibility index (Phi) is 7.69. The molecule has 4 nitrogen and oxygen atoms in total. The van der Waals surface area contributed by atoms with Gasteiger partial charge in [-0.25, -0.2) is 22.4 Å². The molecule has 0 N–H and O–H groups in total. The van der Waals surface area contributed by atoms with Gasteiger partial charge < -0.3 is 14.4 Å². The molecule has 0 saturated carbocycles. The molecule has 158 valence electrons. The van der Waals surface area contributed by atoms with Gasteiger partial charge in [0.25, 0.3) is 12.8 Å². The summed E-state index contributed by atoms with van der Waals surface area (Å²) in [5.41, 5.74) is 0.0997. The lowest BCUT2D eigenvalue weighted by Gasteiger charge is -2.37. The summed E-state index contributed by atoms with van der Waals surface area (Å²) in [4.78, 5) is 13.8. The number of hydrogen-bond donors (Lipinski definition) is 0. The van der Waals surface area contributed by atoms with Crippen molar-refractivity contribution in [2.45, 2.75) is 57.9 Å². The molecular weight excluding hydrogens is 378 g/mol. The third-order valence-electron chi connectivity index (χ3n) is 4.69. The lowest BCUT2D eigenvalue weighted by Crippen LogP contribution is -2.43. The van der Waals surface area contributed by atoms with Crippen molar-refractivity contribution in [1.29, 1.82) is 0 Å². The van der Waals surface area contributed by atoms with Gasteiger partial charge in [-0.2, -0.15) is 0 Å². The number of alkyl halides is 3. The molecule has 1 amide bonds. The van der Waals surface area contributed by atoms with Crippen LogP contribution in [0, 0.1) is 11.7 Å². The Balaban J connectivity index is 2.03. The van der Waals surface area contributed by atoms with E-state index in [-0.39, 0.29) is 18.4 Å². The minimum absolute atomic E-state index is 0.0194. The van der Waals surface area contributed by atoms with Gasteiger partial charge in [0.2, 0.25) is 0 Å². The third kappa shape index (κ3) is 6.65. The second-order valence-electron chi connectivity index (χ2n) is 7.98. The Morgan fingerprint density at radius 2 is 1.71 bits per heavy atom. The van der Waals surface area contributed by atoms with E-state index in [4.69, 9.17) is 9.47 Å². The SMILES string of the molecule is CC(C)(C)OC(=O)N1CCC(C(COC(F)C(F)F)c2ccc(F)cc2)CC1. The maximum atomic E-state index is 13.3. The zero-order valence-electron chi connectivity index (χ0n) is 16.3. The van der Waals surface area contributed by atoms with Crippen LogP contribution in [0.1, 0.15) is 45.1 Å². The average molecular weight is 405 g/mol. The number of nitrogens with zero attached hydrogens (tertiary/aromatic N) is 1. The Morgan fingerprint density at radius 1 is 1.14 bits per heavy atom. The number of carbonyl (C=O) groups excluding carboxylic acids is 1. The van der Waals surface area contributed by atoms with Gasteiger partial charge in [0.15, 0.2) is 0 Å². The van der Waals surface area contributed by atoms with E-state index >= 15 is 0 Å². The van der Waals surface area contributed by atoms with Gasteiger partial charge >= 0.3 is 6.09 Å². The molecule has 1 aliphatic rings. The summed E-state index contributed by atoms with van der Waals surface area (Å²) in [6.45, 7) is 5.99. The van der Waals surface area contributed by atoms with Gasteiger partial charge in [-0.3, -0.25) is 0 Å². The summed E-state index contributed by atoms with van der Waals surface area (Å²) >= 11 is 0. The van der Waals surface area contributed by atoms with E-state index in [0.29, 0.717) is 31.5 Å². The molecule has 2 unspecified atom stereocenters.